The lowest BCUT2D eigenvalue weighted by Gasteiger charge is -2.05. The second-order valence-corrected chi connectivity index (χ2v) is 3.19. The van der Waals surface area contributed by atoms with E-state index in [0.29, 0.717) is 6.61 Å². The van der Waals surface area contributed by atoms with E-state index in [1.165, 1.54) is 12.1 Å². The monoisotopic (exact) mass is 210 g/mol. The van der Waals surface area contributed by atoms with Crippen molar-refractivity contribution < 1.29 is 19.7 Å². The fourth-order valence-electron chi connectivity index (χ4n) is 1.08. The minimum atomic E-state index is -0.569. The van der Waals surface area contributed by atoms with Gasteiger partial charge < -0.3 is 14.9 Å². The largest absolute Gasteiger partial charge is 0.508 e. The first-order valence-corrected chi connectivity index (χ1v) is 4.84. The molecule has 0 bridgehead atoms. The first-order chi connectivity index (χ1) is 7.15. The molecular formula is C11H14O4. The maximum Gasteiger partial charge on any atom is 0.341 e. The van der Waals surface area contributed by atoms with Gasteiger partial charge in [-0.05, 0) is 18.6 Å². The summed E-state index contributed by atoms with van der Waals surface area (Å²) in [6.07, 6.45) is 1.74. The van der Waals surface area contributed by atoms with Crippen molar-refractivity contribution in [1.82, 2.24) is 0 Å². The highest BCUT2D eigenvalue weighted by atomic mass is 16.5. The molecule has 0 aliphatic carbocycles. The van der Waals surface area contributed by atoms with E-state index in [-0.39, 0.29) is 17.1 Å². The van der Waals surface area contributed by atoms with Gasteiger partial charge in [-0.2, -0.15) is 0 Å². The van der Waals surface area contributed by atoms with Crippen LogP contribution >= 0.6 is 0 Å². The van der Waals surface area contributed by atoms with Crippen molar-refractivity contribution >= 4 is 5.97 Å². The van der Waals surface area contributed by atoms with Crippen LogP contribution in [-0.2, 0) is 4.74 Å². The van der Waals surface area contributed by atoms with Gasteiger partial charge in [-0.15, -0.1) is 0 Å². The second kappa shape index (κ2) is 5.24. The Bertz CT molecular complexity index is 346. The Morgan fingerprint density at radius 2 is 2.13 bits per heavy atom. The summed E-state index contributed by atoms with van der Waals surface area (Å²) >= 11 is 0. The molecule has 1 aromatic rings. The number of hydrogen-bond acceptors (Lipinski definition) is 4. The van der Waals surface area contributed by atoms with E-state index in [4.69, 9.17) is 9.84 Å². The molecule has 0 atom stereocenters. The Kier molecular flexibility index (Phi) is 3.97. The summed E-state index contributed by atoms with van der Waals surface area (Å²) in [5, 5.41) is 18.4. The van der Waals surface area contributed by atoms with E-state index >= 15 is 0 Å². The molecule has 0 saturated carbocycles. The number of carbonyl (C=O) groups excluding carboxylic acids is 1. The van der Waals surface area contributed by atoms with Gasteiger partial charge in [0.25, 0.3) is 0 Å². The van der Waals surface area contributed by atoms with Crippen LogP contribution in [0.3, 0.4) is 0 Å². The SMILES string of the molecule is CCCCOC(=O)c1ccc(O)cc1O. The minimum absolute atomic E-state index is 0.0731. The predicted octanol–water partition coefficient (Wildman–Crippen LogP) is 2.05. The van der Waals surface area contributed by atoms with Crippen LogP contribution in [0.15, 0.2) is 18.2 Å². The summed E-state index contributed by atoms with van der Waals surface area (Å²) in [4.78, 5) is 11.4. The highest BCUT2D eigenvalue weighted by Crippen LogP contribution is 2.23. The number of hydrogen-bond donors (Lipinski definition) is 2. The number of benzene rings is 1. The topological polar surface area (TPSA) is 66.8 Å². The number of esters is 1. The van der Waals surface area contributed by atoms with Gasteiger partial charge >= 0.3 is 5.97 Å². The van der Waals surface area contributed by atoms with Crippen molar-refractivity contribution in [2.45, 2.75) is 19.8 Å². The first-order valence-electron chi connectivity index (χ1n) is 4.84. The molecule has 4 nitrogen and oxygen atoms in total. The van der Waals surface area contributed by atoms with Crippen LogP contribution in [-0.4, -0.2) is 22.8 Å². The zero-order chi connectivity index (χ0) is 11.3. The van der Waals surface area contributed by atoms with E-state index in [1.807, 2.05) is 6.92 Å². The normalized spacial score (nSPS) is 9.93. The van der Waals surface area contributed by atoms with Crippen LogP contribution in [0.1, 0.15) is 30.1 Å². The van der Waals surface area contributed by atoms with E-state index in [1.54, 1.807) is 0 Å². The molecule has 0 fully saturated rings. The summed E-state index contributed by atoms with van der Waals surface area (Å²) in [6.45, 7) is 2.33. The van der Waals surface area contributed by atoms with Gasteiger partial charge in [0.1, 0.15) is 17.1 Å². The third-order valence-electron chi connectivity index (χ3n) is 1.93. The van der Waals surface area contributed by atoms with Crippen molar-refractivity contribution in [3.05, 3.63) is 23.8 Å². The highest BCUT2D eigenvalue weighted by Gasteiger charge is 2.12. The standard InChI is InChI=1S/C11H14O4/c1-2-3-6-15-11(14)9-5-4-8(12)7-10(9)13/h4-5,7,12-13H,2-3,6H2,1H3. The molecule has 2 N–H and O–H groups in total. The van der Waals surface area contributed by atoms with Crippen LogP contribution in [0.2, 0.25) is 0 Å². The number of phenols is 2. The van der Waals surface area contributed by atoms with Gasteiger partial charge in [0.15, 0.2) is 0 Å². The lowest BCUT2D eigenvalue weighted by molar-refractivity contribution is 0.0496. The van der Waals surface area contributed by atoms with Crippen molar-refractivity contribution in [1.29, 1.82) is 0 Å². The summed E-state index contributed by atoms with van der Waals surface area (Å²) in [5.74, 6) is -0.921. The average Bonchev–Trinajstić information content (AvgIpc) is 2.17. The van der Waals surface area contributed by atoms with Crippen molar-refractivity contribution in [3.8, 4) is 11.5 Å². The lowest BCUT2D eigenvalue weighted by atomic mass is 10.2. The van der Waals surface area contributed by atoms with Gasteiger partial charge in [-0.3, -0.25) is 0 Å². The average molecular weight is 210 g/mol. The van der Waals surface area contributed by atoms with Crippen LogP contribution in [0, 0.1) is 0 Å². The van der Waals surface area contributed by atoms with Gasteiger partial charge in [0.05, 0.1) is 6.61 Å². The van der Waals surface area contributed by atoms with E-state index in [9.17, 15) is 9.90 Å². The fraction of sp³-hybridized carbons (Fsp3) is 0.364. The molecular weight excluding hydrogens is 196 g/mol. The number of carbonyl (C=O) groups is 1. The summed E-state index contributed by atoms with van der Waals surface area (Å²) < 4.78 is 4.91. The van der Waals surface area contributed by atoms with Crippen LogP contribution < -0.4 is 0 Å². The smallest absolute Gasteiger partial charge is 0.341 e. The van der Waals surface area contributed by atoms with Crippen LogP contribution in [0.25, 0.3) is 0 Å². The maximum atomic E-state index is 11.4. The third kappa shape index (κ3) is 3.16. The van der Waals surface area contributed by atoms with E-state index < -0.39 is 5.97 Å². The molecule has 0 radical (unpaired) electrons. The van der Waals surface area contributed by atoms with Crippen LogP contribution in [0.5, 0.6) is 11.5 Å². The molecule has 0 amide bonds. The zero-order valence-electron chi connectivity index (χ0n) is 8.56. The molecule has 0 heterocycles. The summed E-state index contributed by atoms with van der Waals surface area (Å²) in [7, 11) is 0. The second-order valence-electron chi connectivity index (χ2n) is 3.19. The minimum Gasteiger partial charge on any atom is -0.508 e. The molecule has 0 aliphatic rings. The summed E-state index contributed by atoms with van der Waals surface area (Å²) in [5.41, 5.74) is 0.0731. The number of rotatable bonds is 4. The van der Waals surface area contributed by atoms with Gasteiger partial charge in [0.2, 0.25) is 0 Å². The molecule has 1 aromatic carbocycles. The molecule has 82 valence electrons. The Morgan fingerprint density at radius 1 is 1.40 bits per heavy atom. The summed E-state index contributed by atoms with van der Waals surface area (Å²) in [6, 6.07) is 3.77. The Hall–Kier alpha value is -1.71. The molecule has 0 aliphatic heterocycles. The third-order valence-corrected chi connectivity index (χ3v) is 1.93. The lowest BCUT2D eigenvalue weighted by Crippen LogP contribution is -2.06. The predicted molar refractivity (Wildman–Crippen MR) is 55.0 cm³/mol. The first kappa shape index (κ1) is 11.4. The quantitative estimate of drug-likeness (QED) is 0.589. The number of ether oxygens (including phenoxy) is 1. The highest BCUT2D eigenvalue weighted by molar-refractivity contribution is 5.92. The van der Waals surface area contributed by atoms with Crippen LogP contribution in [0.4, 0.5) is 0 Å². The molecule has 0 saturated heterocycles. The fourth-order valence-corrected chi connectivity index (χ4v) is 1.08. The molecule has 0 aromatic heterocycles. The molecule has 1 rings (SSSR count). The van der Waals surface area contributed by atoms with Crippen molar-refractivity contribution in [3.63, 3.8) is 0 Å². The van der Waals surface area contributed by atoms with Gasteiger partial charge in [-0.1, -0.05) is 13.3 Å². The van der Waals surface area contributed by atoms with Crippen molar-refractivity contribution in [2.75, 3.05) is 6.61 Å². The van der Waals surface area contributed by atoms with Gasteiger partial charge in [-0.25, -0.2) is 4.79 Å². The number of phenolic OH excluding ortho intramolecular Hbond substituents is 2. The van der Waals surface area contributed by atoms with E-state index in [0.717, 1.165) is 18.9 Å². The molecule has 0 unspecified atom stereocenters. The zero-order valence-corrected chi connectivity index (χ0v) is 8.56. The molecule has 0 spiro atoms. The maximum absolute atomic E-state index is 11.4. The Labute approximate surface area is 88.1 Å². The molecule has 4 heteroatoms. The van der Waals surface area contributed by atoms with E-state index in [2.05, 4.69) is 0 Å². The van der Waals surface area contributed by atoms with Gasteiger partial charge in [0, 0.05) is 6.07 Å². The number of aromatic hydroxyl groups is 2. The number of unbranched alkanes of at least 4 members (excludes halogenated alkanes) is 1. The Balaban J connectivity index is 2.65. The molecule has 15 heavy (non-hydrogen) atoms. The Morgan fingerprint density at radius 3 is 2.73 bits per heavy atom. The van der Waals surface area contributed by atoms with Crippen molar-refractivity contribution in [2.24, 2.45) is 0 Å².